The molecule has 4 aromatic carbocycles. The fourth-order valence-electron chi connectivity index (χ4n) is 4.70. The number of alkyl halides is 3. The van der Waals surface area contributed by atoms with Gasteiger partial charge in [0.25, 0.3) is 5.91 Å². The number of fused-ring (bicyclic) bond motifs is 1. The van der Waals surface area contributed by atoms with E-state index in [0.717, 1.165) is 24.0 Å². The van der Waals surface area contributed by atoms with Crippen LogP contribution in [0.4, 0.5) is 24.5 Å². The number of sulfonamides is 1. The number of halogens is 3. The van der Waals surface area contributed by atoms with E-state index in [1.54, 1.807) is 42.5 Å². The molecular formula is C29H23F3N2O4S. The first kappa shape index (κ1) is 26.3. The van der Waals surface area contributed by atoms with Crippen molar-refractivity contribution in [1.29, 1.82) is 0 Å². The molecule has 1 heterocycles. The van der Waals surface area contributed by atoms with Crippen LogP contribution in [0.1, 0.15) is 21.5 Å². The molecule has 1 aliphatic rings. The number of phenols is 1. The van der Waals surface area contributed by atoms with Crippen molar-refractivity contribution in [2.45, 2.75) is 12.6 Å². The van der Waals surface area contributed by atoms with Gasteiger partial charge in [-0.2, -0.15) is 13.2 Å². The van der Waals surface area contributed by atoms with Crippen molar-refractivity contribution < 1.29 is 31.5 Å². The quantitative estimate of drug-likeness (QED) is 0.284. The first-order valence-corrected chi connectivity index (χ1v) is 13.8. The zero-order valence-corrected chi connectivity index (χ0v) is 21.5. The number of amides is 1. The summed E-state index contributed by atoms with van der Waals surface area (Å²) in [5.41, 5.74) is 3.19. The van der Waals surface area contributed by atoms with E-state index in [9.17, 15) is 31.5 Å². The number of hydrogen-bond donors (Lipinski definition) is 2. The predicted octanol–water partition coefficient (Wildman–Crippen LogP) is 6.32. The Bertz CT molecular complexity index is 1690. The highest BCUT2D eigenvalue weighted by molar-refractivity contribution is 7.92. The van der Waals surface area contributed by atoms with Crippen LogP contribution >= 0.6 is 0 Å². The standard InChI is InChI=1S/C29H23F3N2O4S/c1-39(37,38)33-26-17-22(9-12-27(26)35)34-14-13-20-15-19(7-10-24(20)28(34)36)23-11-8-21(29(30,31)32)16-25(23)18-5-3-2-4-6-18/h2-12,15-17,33,35H,13-14H2,1H3. The third kappa shape index (κ3) is 5.46. The van der Waals surface area contributed by atoms with Crippen molar-refractivity contribution in [1.82, 2.24) is 0 Å². The number of hydrogen-bond acceptors (Lipinski definition) is 4. The van der Waals surface area contributed by atoms with Crippen molar-refractivity contribution in [3.8, 4) is 28.0 Å². The summed E-state index contributed by atoms with van der Waals surface area (Å²) in [6.07, 6.45) is -3.07. The van der Waals surface area contributed by atoms with Gasteiger partial charge < -0.3 is 10.0 Å². The van der Waals surface area contributed by atoms with Crippen LogP contribution in [0.3, 0.4) is 0 Å². The first-order valence-electron chi connectivity index (χ1n) is 11.9. The molecule has 0 radical (unpaired) electrons. The highest BCUT2D eigenvalue weighted by atomic mass is 32.2. The first-order chi connectivity index (χ1) is 18.4. The maximum absolute atomic E-state index is 13.5. The zero-order chi connectivity index (χ0) is 27.9. The molecule has 0 spiro atoms. The molecule has 0 saturated heterocycles. The van der Waals surface area contributed by atoms with Crippen molar-refractivity contribution in [3.63, 3.8) is 0 Å². The van der Waals surface area contributed by atoms with Crippen molar-refractivity contribution in [2.75, 3.05) is 22.4 Å². The number of rotatable bonds is 5. The Morgan fingerprint density at radius 1 is 0.846 bits per heavy atom. The molecule has 4 aromatic rings. The second kappa shape index (κ2) is 9.77. The van der Waals surface area contributed by atoms with Crippen LogP contribution in [0.2, 0.25) is 0 Å². The van der Waals surface area contributed by atoms with Crippen molar-refractivity contribution in [3.05, 3.63) is 102 Å². The molecule has 0 atom stereocenters. The Morgan fingerprint density at radius 2 is 1.56 bits per heavy atom. The van der Waals surface area contributed by atoms with Crippen LogP contribution in [0.5, 0.6) is 5.75 Å². The largest absolute Gasteiger partial charge is 0.506 e. The minimum Gasteiger partial charge on any atom is -0.506 e. The SMILES string of the molecule is CS(=O)(=O)Nc1cc(N2CCc3cc(-c4ccc(C(F)(F)F)cc4-c4ccccc4)ccc3C2=O)ccc1O. The molecule has 5 rings (SSSR count). The average Bonchev–Trinajstić information content (AvgIpc) is 2.89. The van der Waals surface area contributed by atoms with Gasteiger partial charge >= 0.3 is 6.18 Å². The lowest BCUT2D eigenvalue weighted by atomic mass is 9.89. The van der Waals surface area contributed by atoms with Crippen LogP contribution in [0, 0.1) is 0 Å². The van der Waals surface area contributed by atoms with E-state index in [-0.39, 0.29) is 23.9 Å². The van der Waals surface area contributed by atoms with Gasteiger partial charge in [0, 0.05) is 17.8 Å². The van der Waals surface area contributed by atoms with Gasteiger partial charge in [-0.25, -0.2) is 8.42 Å². The molecule has 0 aliphatic carbocycles. The Kier molecular flexibility index (Phi) is 6.59. The van der Waals surface area contributed by atoms with Crippen molar-refractivity contribution >= 4 is 27.3 Å². The Labute approximate surface area is 223 Å². The lowest BCUT2D eigenvalue weighted by Crippen LogP contribution is -2.37. The Balaban J connectivity index is 1.51. The van der Waals surface area contributed by atoms with Crippen LogP contribution < -0.4 is 9.62 Å². The molecule has 39 heavy (non-hydrogen) atoms. The lowest BCUT2D eigenvalue weighted by Gasteiger charge is -2.29. The number of aromatic hydroxyl groups is 1. The van der Waals surface area contributed by atoms with Gasteiger partial charge in [0.05, 0.1) is 17.5 Å². The topological polar surface area (TPSA) is 86.7 Å². The molecule has 10 heteroatoms. The van der Waals surface area contributed by atoms with E-state index >= 15 is 0 Å². The molecule has 0 fully saturated rings. The highest BCUT2D eigenvalue weighted by Gasteiger charge is 2.32. The van der Waals surface area contributed by atoms with Crippen molar-refractivity contribution in [2.24, 2.45) is 0 Å². The molecular weight excluding hydrogens is 529 g/mol. The highest BCUT2D eigenvalue weighted by Crippen LogP contribution is 2.39. The minimum absolute atomic E-state index is 0.0420. The van der Waals surface area contributed by atoms with Gasteiger partial charge in [-0.15, -0.1) is 0 Å². The predicted molar refractivity (Wildman–Crippen MR) is 144 cm³/mol. The normalized spacial score (nSPS) is 13.7. The number of benzene rings is 4. The molecule has 6 nitrogen and oxygen atoms in total. The molecule has 0 aromatic heterocycles. The molecule has 1 aliphatic heterocycles. The molecule has 0 saturated carbocycles. The summed E-state index contributed by atoms with van der Waals surface area (Å²) in [6.45, 7) is 0.289. The van der Waals surface area contributed by atoms with Gasteiger partial charge in [0.1, 0.15) is 5.75 Å². The summed E-state index contributed by atoms with van der Waals surface area (Å²) in [5.74, 6) is -0.584. The number of nitrogens with one attached hydrogen (secondary N) is 1. The summed E-state index contributed by atoms with van der Waals surface area (Å²) in [5, 5.41) is 10.0. The van der Waals surface area contributed by atoms with E-state index in [4.69, 9.17) is 0 Å². The van der Waals surface area contributed by atoms with E-state index < -0.39 is 21.8 Å². The van der Waals surface area contributed by atoms with Gasteiger partial charge in [0.15, 0.2) is 0 Å². The third-order valence-corrected chi connectivity index (χ3v) is 7.11. The Hall–Kier alpha value is -4.31. The maximum Gasteiger partial charge on any atom is 0.416 e. The van der Waals surface area contributed by atoms with Crippen LogP contribution in [-0.4, -0.2) is 32.2 Å². The summed E-state index contributed by atoms with van der Waals surface area (Å²) in [6, 6.07) is 21.9. The summed E-state index contributed by atoms with van der Waals surface area (Å²) in [7, 11) is -3.65. The lowest BCUT2D eigenvalue weighted by molar-refractivity contribution is -0.137. The Morgan fingerprint density at radius 3 is 2.26 bits per heavy atom. The minimum atomic E-state index is -4.49. The molecule has 0 bridgehead atoms. The molecule has 2 N–H and O–H groups in total. The zero-order valence-electron chi connectivity index (χ0n) is 20.7. The van der Waals surface area contributed by atoms with Crippen LogP contribution in [0.15, 0.2) is 84.9 Å². The molecule has 200 valence electrons. The van der Waals surface area contributed by atoms with E-state index in [1.165, 1.54) is 29.2 Å². The summed E-state index contributed by atoms with van der Waals surface area (Å²) < 4.78 is 66.0. The summed E-state index contributed by atoms with van der Waals surface area (Å²) >= 11 is 0. The summed E-state index contributed by atoms with van der Waals surface area (Å²) in [4.78, 5) is 14.9. The van der Waals surface area contributed by atoms with Gasteiger partial charge in [-0.1, -0.05) is 48.5 Å². The van der Waals surface area contributed by atoms with Crippen LogP contribution in [0.25, 0.3) is 22.3 Å². The second-order valence-electron chi connectivity index (χ2n) is 9.28. The fraction of sp³-hybridized carbons (Fsp3) is 0.138. The second-order valence-corrected chi connectivity index (χ2v) is 11.0. The number of anilines is 2. The number of carbonyl (C=O) groups excluding carboxylic acids is 1. The van der Waals surface area contributed by atoms with Gasteiger partial charge in [-0.05, 0) is 70.6 Å². The smallest absolute Gasteiger partial charge is 0.416 e. The monoisotopic (exact) mass is 552 g/mol. The number of phenolic OH excluding ortho intramolecular Hbond substituents is 1. The average molecular weight is 553 g/mol. The number of nitrogens with zero attached hydrogens (tertiary/aromatic N) is 1. The number of carbonyl (C=O) groups is 1. The van der Waals surface area contributed by atoms with E-state index in [1.807, 2.05) is 6.07 Å². The van der Waals surface area contributed by atoms with Gasteiger partial charge in [-0.3, -0.25) is 9.52 Å². The fourth-order valence-corrected chi connectivity index (χ4v) is 5.27. The third-order valence-electron chi connectivity index (χ3n) is 6.52. The van der Waals surface area contributed by atoms with Crippen LogP contribution in [-0.2, 0) is 22.6 Å². The molecule has 1 amide bonds. The van der Waals surface area contributed by atoms with E-state index in [2.05, 4.69) is 4.72 Å². The van der Waals surface area contributed by atoms with E-state index in [0.29, 0.717) is 39.9 Å². The molecule has 0 unspecified atom stereocenters. The van der Waals surface area contributed by atoms with Gasteiger partial charge in [0.2, 0.25) is 10.0 Å². The maximum atomic E-state index is 13.5.